The molecule has 17 heavy (non-hydrogen) atoms. The minimum absolute atomic E-state index is 0.322. The number of carbonyl (C=O) groups excluding carboxylic acids is 1. The van der Waals surface area contributed by atoms with E-state index in [-0.39, 0.29) is 5.82 Å². The third-order valence-electron chi connectivity index (χ3n) is 2.33. The number of carbonyl (C=O) groups is 1. The second-order valence-corrected chi connectivity index (χ2v) is 3.56. The Labute approximate surface area is 99.7 Å². The van der Waals surface area contributed by atoms with Gasteiger partial charge in [0, 0.05) is 13.7 Å². The summed E-state index contributed by atoms with van der Waals surface area (Å²) in [6, 6.07) is 2.76. The lowest BCUT2D eigenvalue weighted by Gasteiger charge is -2.11. The van der Waals surface area contributed by atoms with E-state index >= 15 is 0 Å². The van der Waals surface area contributed by atoms with Crippen molar-refractivity contribution < 1.29 is 18.7 Å². The van der Waals surface area contributed by atoms with Crippen LogP contribution in [0, 0.1) is 12.7 Å². The monoisotopic (exact) mass is 241 g/mol. The summed E-state index contributed by atoms with van der Waals surface area (Å²) < 4.78 is 22.9. The molecule has 0 saturated carbocycles. The largest absolute Gasteiger partial charge is 0.465 e. The van der Waals surface area contributed by atoms with Gasteiger partial charge in [0.05, 0.1) is 25.0 Å². The van der Waals surface area contributed by atoms with Crippen LogP contribution in [-0.2, 0) is 9.47 Å². The van der Waals surface area contributed by atoms with Gasteiger partial charge in [-0.2, -0.15) is 0 Å². The Morgan fingerprint density at radius 3 is 2.71 bits per heavy atom. The Kier molecular flexibility index (Phi) is 4.90. The van der Waals surface area contributed by atoms with E-state index < -0.39 is 5.97 Å². The number of hydrogen-bond acceptors (Lipinski definition) is 4. The molecule has 0 fully saturated rings. The number of halogens is 1. The fourth-order valence-corrected chi connectivity index (χ4v) is 1.39. The van der Waals surface area contributed by atoms with Crippen LogP contribution in [0.5, 0.6) is 0 Å². The van der Waals surface area contributed by atoms with Gasteiger partial charge in [0.25, 0.3) is 0 Å². The number of esters is 1. The Morgan fingerprint density at radius 1 is 1.41 bits per heavy atom. The number of hydrogen-bond donors (Lipinski definition) is 1. The first-order valence-electron chi connectivity index (χ1n) is 5.21. The fourth-order valence-electron chi connectivity index (χ4n) is 1.39. The zero-order valence-corrected chi connectivity index (χ0v) is 10.2. The van der Waals surface area contributed by atoms with Gasteiger partial charge in [-0.25, -0.2) is 9.18 Å². The predicted octanol–water partition coefficient (Wildman–Crippen LogP) is 1.98. The van der Waals surface area contributed by atoms with Crippen molar-refractivity contribution in [3.8, 4) is 0 Å². The summed E-state index contributed by atoms with van der Waals surface area (Å²) in [6.07, 6.45) is 0. The fraction of sp³-hybridized carbons (Fsp3) is 0.417. The third-order valence-corrected chi connectivity index (χ3v) is 2.33. The van der Waals surface area contributed by atoms with Crippen LogP contribution in [0.4, 0.5) is 10.1 Å². The molecule has 0 heterocycles. The lowest BCUT2D eigenvalue weighted by molar-refractivity contribution is 0.0601. The summed E-state index contributed by atoms with van der Waals surface area (Å²) in [4.78, 5) is 11.5. The van der Waals surface area contributed by atoms with Gasteiger partial charge in [-0.05, 0) is 24.6 Å². The normalized spacial score (nSPS) is 10.1. The molecule has 0 aliphatic carbocycles. The summed E-state index contributed by atoms with van der Waals surface area (Å²) in [5.41, 5.74) is 1.14. The van der Waals surface area contributed by atoms with Crippen LogP contribution in [0.1, 0.15) is 15.9 Å². The number of methoxy groups -OCH3 is 2. The average molecular weight is 241 g/mol. The van der Waals surface area contributed by atoms with Crippen LogP contribution in [0.25, 0.3) is 0 Å². The van der Waals surface area contributed by atoms with E-state index in [1.54, 1.807) is 14.0 Å². The molecule has 0 radical (unpaired) electrons. The molecule has 4 nitrogen and oxygen atoms in total. The van der Waals surface area contributed by atoms with E-state index in [9.17, 15) is 9.18 Å². The minimum Gasteiger partial charge on any atom is -0.465 e. The van der Waals surface area contributed by atoms with E-state index in [4.69, 9.17) is 4.74 Å². The molecule has 0 unspecified atom stereocenters. The second kappa shape index (κ2) is 6.20. The second-order valence-electron chi connectivity index (χ2n) is 3.56. The van der Waals surface area contributed by atoms with Crippen molar-refractivity contribution in [3.63, 3.8) is 0 Å². The highest BCUT2D eigenvalue weighted by Crippen LogP contribution is 2.21. The Hall–Kier alpha value is -1.62. The van der Waals surface area contributed by atoms with E-state index in [0.717, 1.165) is 0 Å². The molecule has 1 aromatic carbocycles. The average Bonchev–Trinajstić information content (AvgIpc) is 2.32. The van der Waals surface area contributed by atoms with Gasteiger partial charge in [0.1, 0.15) is 5.82 Å². The van der Waals surface area contributed by atoms with Crippen LogP contribution >= 0.6 is 0 Å². The smallest absolute Gasteiger partial charge is 0.339 e. The van der Waals surface area contributed by atoms with Gasteiger partial charge >= 0.3 is 5.97 Å². The van der Waals surface area contributed by atoms with Crippen LogP contribution in [0.2, 0.25) is 0 Å². The minimum atomic E-state index is -0.493. The molecule has 0 atom stereocenters. The lowest BCUT2D eigenvalue weighted by atomic mass is 10.1. The maximum absolute atomic E-state index is 13.4. The van der Waals surface area contributed by atoms with Gasteiger partial charge in [-0.3, -0.25) is 0 Å². The number of aryl methyl sites for hydroxylation is 1. The van der Waals surface area contributed by atoms with Crippen LogP contribution in [0.3, 0.4) is 0 Å². The molecule has 0 aliphatic rings. The number of benzene rings is 1. The molecular formula is C12H16FNO3. The van der Waals surface area contributed by atoms with Crippen molar-refractivity contribution >= 4 is 11.7 Å². The summed E-state index contributed by atoms with van der Waals surface area (Å²) in [7, 11) is 2.86. The molecule has 1 rings (SSSR count). The number of ether oxygens (including phenoxy) is 2. The third kappa shape index (κ3) is 3.42. The van der Waals surface area contributed by atoms with E-state index in [1.807, 2.05) is 0 Å². The molecule has 0 bridgehead atoms. The maximum Gasteiger partial charge on any atom is 0.339 e. The Bertz CT molecular complexity index is 407. The molecule has 0 amide bonds. The van der Waals surface area contributed by atoms with E-state index in [1.165, 1.54) is 19.2 Å². The predicted molar refractivity (Wildman–Crippen MR) is 62.8 cm³/mol. The lowest BCUT2D eigenvalue weighted by Crippen LogP contribution is -2.13. The van der Waals surface area contributed by atoms with E-state index in [2.05, 4.69) is 10.1 Å². The molecule has 0 saturated heterocycles. The molecule has 1 aromatic rings. The van der Waals surface area contributed by atoms with Gasteiger partial charge in [0.2, 0.25) is 0 Å². The van der Waals surface area contributed by atoms with E-state index in [0.29, 0.717) is 30.0 Å². The summed E-state index contributed by atoms with van der Waals surface area (Å²) in [5.74, 6) is -0.856. The highest BCUT2D eigenvalue weighted by molar-refractivity contribution is 5.95. The van der Waals surface area contributed by atoms with Gasteiger partial charge < -0.3 is 14.8 Å². The zero-order chi connectivity index (χ0) is 12.8. The zero-order valence-electron chi connectivity index (χ0n) is 10.2. The van der Waals surface area contributed by atoms with Crippen molar-refractivity contribution in [2.45, 2.75) is 6.92 Å². The molecule has 0 spiro atoms. The maximum atomic E-state index is 13.4. The Morgan fingerprint density at radius 2 is 2.12 bits per heavy atom. The first-order chi connectivity index (χ1) is 8.10. The van der Waals surface area contributed by atoms with Crippen molar-refractivity contribution in [2.75, 3.05) is 32.7 Å². The number of anilines is 1. The van der Waals surface area contributed by atoms with Crippen molar-refractivity contribution in [3.05, 3.63) is 29.1 Å². The first kappa shape index (κ1) is 13.4. The van der Waals surface area contributed by atoms with Crippen molar-refractivity contribution in [2.24, 2.45) is 0 Å². The van der Waals surface area contributed by atoms with Gasteiger partial charge in [-0.1, -0.05) is 0 Å². The highest BCUT2D eigenvalue weighted by Gasteiger charge is 2.14. The standard InChI is InChI=1S/C12H16FNO3/c1-8-6-9(12(15)17-3)11(7-10(8)13)14-4-5-16-2/h6-7,14H,4-5H2,1-3H3. The molecule has 0 aliphatic heterocycles. The molecule has 94 valence electrons. The van der Waals surface area contributed by atoms with Gasteiger partial charge in [0.15, 0.2) is 0 Å². The van der Waals surface area contributed by atoms with Crippen LogP contribution in [0.15, 0.2) is 12.1 Å². The highest BCUT2D eigenvalue weighted by atomic mass is 19.1. The van der Waals surface area contributed by atoms with Crippen molar-refractivity contribution in [1.82, 2.24) is 0 Å². The molecule has 1 N–H and O–H groups in total. The van der Waals surface area contributed by atoms with Crippen LogP contribution < -0.4 is 5.32 Å². The topological polar surface area (TPSA) is 47.6 Å². The van der Waals surface area contributed by atoms with Crippen molar-refractivity contribution in [1.29, 1.82) is 0 Å². The first-order valence-corrected chi connectivity index (χ1v) is 5.21. The molecular weight excluding hydrogens is 225 g/mol. The SMILES string of the molecule is COCCNc1cc(F)c(C)cc1C(=O)OC. The summed E-state index contributed by atoms with van der Waals surface area (Å²) in [6.45, 7) is 2.56. The molecule has 5 heteroatoms. The summed E-state index contributed by atoms with van der Waals surface area (Å²) in [5, 5.41) is 2.93. The van der Waals surface area contributed by atoms with Gasteiger partial charge in [-0.15, -0.1) is 0 Å². The molecule has 0 aromatic heterocycles. The number of nitrogens with one attached hydrogen (secondary N) is 1. The number of rotatable bonds is 5. The summed E-state index contributed by atoms with van der Waals surface area (Å²) >= 11 is 0. The quantitative estimate of drug-likeness (QED) is 0.632. The van der Waals surface area contributed by atoms with Crippen LogP contribution in [-0.4, -0.2) is 33.3 Å². The Balaban J connectivity index is 2.99.